The summed E-state index contributed by atoms with van der Waals surface area (Å²) >= 11 is 0. The van der Waals surface area contributed by atoms with Crippen molar-refractivity contribution in [1.82, 2.24) is 5.32 Å². The van der Waals surface area contributed by atoms with Crippen molar-refractivity contribution in [2.45, 2.75) is 20.3 Å². The lowest BCUT2D eigenvalue weighted by Crippen LogP contribution is -2.31. The first kappa shape index (κ1) is 29.4. The van der Waals surface area contributed by atoms with Crippen LogP contribution in [0.3, 0.4) is 0 Å². The Morgan fingerprint density at radius 2 is 1.10 bits per heavy atom. The van der Waals surface area contributed by atoms with Crippen molar-refractivity contribution in [3.05, 3.63) is 24.3 Å². The Bertz CT molecular complexity index is 510. The molecule has 31 heavy (non-hydrogen) atoms. The summed E-state index contributed by atoms with van der Waals surface area (Å²) in [5.41, 5.74) is 1.58. The van der Waals surface area contributed by atoms with Gasteiger partial charge in [0.15, 0.2) is 5.78 Å². The van der Waals surface area contributed by atoms with Crippen molar-refractivity contribution in [1.29, 1.82) is 0 Å². The second-order valence-corrected chi connectivity index (χ2v) is 6.82. The third-order valence-corrected chi connectivity index (χ3v) is 3.67. The van der Waals surface area contributed by atoms with Gasteiger partial charge in [-0.3, -0.25) is 9.59 Å². The summed E-state index contributed by atoms with van der Waals surface area (Å²) < 4.78 is 31.8. The molecule has 0 heterocycles. The first-order valence-electron chi connectivity index (χ1n) is 10.5. The Hall–Kier alpha value is -1.62. The van der Waals surface area contributed by atoms with E-state index < -0.39 is 0 Å². The minimum Gasteiger partial charge on any atom is -0.379 e. The van der Waals surface area contributed by atoms with Gasteiger partial charge in [0.1, 0.15) is 13.2 Å². The van der Waals surface area contributed by atoms with Gasteiger partial charge in [-0.1, -0.05) is 12.2 Å². The van der Waals surface area contributed by atoms with Gasteiger partial charge < -0.3 is 33.7 Å². The maximum Gasteiger partial charge on any atom is 0.246 e. The maximum atomic E-state index is 11.6. The van der Waals surface area contributed by atoms with Crippen molar-refractivity contribution < 1.29 is 38.0 Å². The molecule has 1 amide bonds. The van der Waals surface area contributed by atoms with Crippen LogP contribution in [0, 0.1) is 0 Å². The van der Waals surface area contributed by atoms with Gasteiger partial charge in [-0.2, -0.15) is 0 Å². The van der Waals surface area contributed by atoms with Crippen LogP contribution in [0.15, 0.2) is 24.3 Å². The fourth-order valence-corrected chi connectivity index (χ4v) is 1.89. The Morgan fingerprint density at radius 3 is 1.61 bits per heavy atom. The number of rotatable bonds is 23. The molecule has 1 N–H and O–H groups in total. The number of hydrogen-bond donors (Lipinski definition) is 1. The second-order valence-electron chi connectivity index (χ2n) is 6.82. The molecule has 0 aliphatic rings. The van der Waals surface area contributed by atoms with E-state index in [1.165, 1.54) is 0 Å². The van der Waals surface area contributed by atoms with E-state index in [0.717, 1.165) is 12.0 Å². The van der Waals surface area contributed by atoms with Gasteiger partial charge in [0.25, 0.3) is 0 Å². The Kier molecular flexibility index (Phi) is 20.5. The average molecular weight is 446 g/mol. The molecule has 9 heteroatoms. The highest BCUT2D eigenvalue weighted by Crippen LogP contribution is 1.95. The molecule has 0 radical (unpaired) electrons. The van der Waals surface area contributed by atoms with E-state index >= 15 is 0 Å². The van der Waals surface area contributed by atoms with Crippen LogP contribution in [0.1, 0.15) is 20.3 Å². The van der Waals surface area contributed by atoms with Gasteiger partial charge in [0.05, 0.1) is 66.1 Å². The van der Waals surface area contributed by atoms with E-state index in [1.54, 1.807) is 6.92 Å². The summed E-state index contributed by atoms with van der Waals surface area (Å²) in [6.45, 7) is 15.7. The molecule has 0 aromatic heterocycles. The number of ketones is 1. The van der Waals surface area contributed by atoms with Crippen LogP contribution in [0.4, 0.5) is 0 Å². The quantitative estimate of drug-likeness (QED) is 0.143. The minimum atomic E-state index is -0.220. The molecule has 0 fully saturated rings. The number of hydrogen-bond acceptors (Lipinski definition) is 8. The van der Waals surface area contributed by atoms with Crippen LogP contribution in [0.25, 0.3) is 0 Å². The van der Waals surface area contributed by atoms with Crippen molar-refractivity contribution in [2.24, 2.45) is 0 Å². The van der Waals surface area contributed by atoms with E-state index in [1.807, 2.05) is 6.92 Å². The fourth-order valence-electron chi connectivity index (χ4n) is 1.89. The van der Waals surface area contributed by atoms with Crippen LogP contribution in [-0.2, 0) is 38.0 Å². The molecule has 0 rings (SSSR count). The van der Waals surface area contributed by atoms with Crippen LogP contribution in [-0.4, -0.2) is 97.5 Å². The topological polar surface area (TPSA) is 102 Å². The third-order valence-electron chi connectivity index (χ3n) is 3.67. The molecule has 9 nitrogen and oxygen atoms in total. The molecule has 0 spiro atoms. The van der Waals surface area contributed by atoms with Gasteiger partial charge in [-0.25, -0.2) is 0 Å². The SMILES string of the molecule is C=C(C)CCOCCOCCOCCOCC(=O)NCCOCCOCC(=O)C(=C)C. The summed E-state index contributed by atoms with van der Waals surface area (Å²) in [6.07, 6.45) is 0.866. The molecule has 0 aromatic carbocycles. The highest BCUT2D eigenvalue weighted by atomic mass is 16.6. The Balaban J connectivity index is 3.24. The zero-order valence-electron chi connectivity index (χ0n) is 19.1. The van der Waals surface area contributed by atoms with Crippen molar-refractivity contribution in [3.63, 3.8) is 0 Å². The summed E-state index contributed by atoms with van der Waals surface area (Å²) in [7, 11) is 0. The van der Waals surface area contributed by atoms with Crippen molar-refractivity contribution >= 4 is 11.7 Å². The first-order valence-corrected chi connectivity index (χ1v) is 10.5. The van der Waals surface area contributed by atoms with Crippen molar-refractivity contribution in [3.8, 4) is 0 Å². The van der Waals surface area contributed by atoms with Crippen LogP contribution in [0.5, 0.6) is 0 Å². The molecule has 0 saturated carbocycles. The largest absolute Gasteiger partial charge is 0.379 e. The molecule has 0 unspecified atom stereocenters. The number of nitrogens with one attached hydrogen (secondary N) is 1. The monoisotopic (exact) mass is 445 g/mol. The van der Waals surface area contributed by atoms with E-state index in [0.29, 0.717) is 78.2 Å². The molecular weight excluding hydrogens is 406 g/mol. The van der Waals surface area contributed by atoms with Gasteiger partial charge in [0.2, 0.25) is 5.91 Å². The molecule has 0 saturated heterocycles. The molecule has 180 valence electrons. The summed E-state index contributed by atoms with van der Waals surface area (Å²) in [5.74, 6) is -0.344. The van der Waals surface area contributed by atoms with Gasteiger partial charge in [-0.05, 0) is 25.8 Å². The number of Topliss-reactive ketones (excluding diaryl/α,β-unsaturated/α-hetero) is 1. The van der Waals surface area contributed by atoms with E-state index in [2.05, 4.69) is 18.5 Å². The summed E-state index contributed by atoms with van der Waals surface area (Å²) in [5, 5.41) is 2.68. The minimum absolute atomic E-state index is 0.00858. The smallest absolute Gasteiger partial charge is 0.246 e. The van der Waals surface area contributed by atoms with Crippen LogP contribution >= 0.6 is 0 Å². The standard InChI is InChI=1S/C22H39NO8/c1-19(2)5-7-26-9-10-28-11-12-29-14-16-31-18-22(25)23-6-8-27-13-15-30-17-21(24)20(3)4/h1,3,5-18H2,2,4H3,(H,23,25). The van der Waals surface area contributed by atoms with Crippen LogP contribution in [0.2, 0.25) is 0 Å². The Morgan fingerprint density at radius 1 is 0.645 bits per heavy atom. The van der Waals surface area contributed by atoms with Gasteiger partial charge in [0, 0.05) is 6.54 Å². The highest BCUT2D eigenvalue weighted by Gasteiger charge is 2.02. The predicted molar refractivity (Wildman–Crippen MR) is 117 cm³/mol. The first-order chi connectivity index (χ1) is 14.9. The lowest BCUT2D eigenvalue weighted by atomic mass is 10.2. The van der Waals surface area contributed by atoms with E-state index in [-0.39, 0.29) is 24.9 Å². The van der Waals surface area contributed by atoms with E-state index in [9.17, 15) is 9.59 Å². The Labute approximate surface area is 186 Å². The normalized spacial score (nSPS) is 10.8. The second kappa shape index (κ2) is 21.6. The molecule has 0 aliphatic heterocycles. The molecule has 0 aliphatic carbocycles. The average Bonchev–Trinajstić information content (AvgIpc) is 2.72. The zero-order chi connectivity index (χ0) is 23.2. The highest BCUT2D eigenvalue weighted by molar-refractivity contribution is 5.95. The summed E-state index contributed by atoms with van der Waals surface area (Å²) in [6, 6.07) is 0. The lowest BCUT2D eigenvalue weighted by Gasteiger charge is -2.08. The van der Waals surface area contributed by atoms with E-state index in [4.69, 9.17) is 28.4 Å². The van der Waals surface area contributed by atoms with Crippen molar-refractivity contribution in [2.75, 3.05) is 85.8 Å². The zero-order valence-corrected chi connectivity index (χ0v) is 19.1. The number of carbonyl (C=O) groups is 2. The number of amides is 1. The number of ether oxygens (including phenoxy) is 6. The lowest BCUT2D eigenvalue weighted by molar-refractivity contribution is -0.126. The van der Waals surface area contributed by atoms with Gasteiger partial charge >= 0.3 is 0 Å². The van der Waals surface area contributed by atoms with Gasteiger partial charge in [-0.15, -0.1) is 6.58 Å². The van der Waals surface area contributed by atoms with Crippen LogP contribution < -0.4 is 5.32 Å². The molecule has 0 aromatic rings. The third kappa shape index (κ3) is 22.9. The predicted octanol–water partition coefficient (Wildman–Crippen LogP) is 1.31. The molecule has 0 atom stereocenters. The number of carbonyl (C=O) groups excluding carboxylic acids is 2. The molecule has 0 bridgehead atoms. The molecular formula is C22H39NO8. The maximum absolute atomic E-state index is 11.6. The fraction of sp³-hybridized carbons (Fsp3) is 0.727. The summed E-state index contributed by atoms with van der Waals surface area (Å²) in [4.78, 5) is 22.8.